The van der Waals surface area contributed by atoms with Gasteiger partial charge in [0, 0.05) is 11.6 Å². The van der Waals surface area contributed by atoms with Crippen LogP contribution >= 0.6 is 0 Å². The first-order chi connectivity index (χ1) is 9.77. The average Bonchev–Trinajstić information content (AvgIpc) is 2.48. The minimum atomic E-state index is -0.159. The average molecular weight is 273 g/mol. The first kappa shape index (κ1) is 14.5. The lowest BCUT2D eigenvalue weighted by molar-refractivity contribution is 0.305. The van der Waals surface area contributed by atoms with Crippen molar-refractivity contribution in [3.05, 3.63) is 66.0 Å². The molecule has 20 heavy (non-hydrogen) atoms. The third-order valence-electron chi connectivity index (χ3n) is 3.16. The summed E-state index contributed by atoms with van der Waals surface area (Å²) in [7, 11) is 0. The molecule has 1 atom stereocenters. The monoisotopic (exact) mass is 273 g/mol. The molecule has 2 rings (SSSR count). The maximum atomic E-state index is 13.6. The standard InChI is InChI=1S/C17H20FNO/c1-14(16-10-5-6-11-17(16)18)19-12-7-13-20-15-8-3-2-4-9-15/h2-6,8-11,14,19H,7,12-13H2,1H3/t14-/m1/s1. The molecule has 1 N–H and O–H groups in total. The van der Waals surface area contributed by atoms with Gasteiger partial charge in [0.05, 0.1) is 6.61 Å². The van der Waals surface area contributed by atoms with Crippen molar-refractivity contribution in [3.8, 4) is 5.75 Å². The Morgan fingerprint density at radius 1 is 1.05 bits per heavy atom. The summed E-state index contributed by atoms with van der Waals surface area (Å²) in [6.45, 7) is 3.42. The highest BCUT2D eigenvalue weighted by Crippen LogP contribution is 2.15. The topological polar surface area (TPSA) is 21.3 Å². The number of nitrogens with one attached hydrogen (secondary N) is 1. The maximum Gasteiger partial charge on any atom is 0.127 e. The van der Waals surface area contributed by atoms with Gasteiger partial charge >= 0.3 is 0 Å². The summed E-state index contributed by atoms with van der Waals surface area (Å²) < 4.78 is 19.2. The zero-order valence-corrected chi connectivity index (χ0v) is 11.7. The summed E-state index contributed by atoms with van der Waals surface area (Å²) in [6, 6.07) is 16.6. The summed E-state index contributed by atoms with van der Waals surface area (Å²) in [5.41, 5.74) is 0.705. The van der Waals surface area contributed by atoms with Gasteiger partial charge in [0.1, 0.15) is 11.6 Å². The molecule has 0 saturated heterocycles. The van der Waals surface area contributed by atoms with Gasteiger partial charge in [-0.2, -0.15) is 0 Å². The lowest BCUT2D eigenvalue weighted by Crippen LogP contribution is -2.22. The highest BCUT2D eigenvalue weighted by molar-refractivity contribution is 5.21. The smallest absolute Gasteiger partial charge is 0.127 e. The molecule has 0 radical (unpaired) electrons. The van der Waals surface area contributed by atoms with Gasteiger partial charge in [-0.25, -0.2) is 4.39 Å². The number of rotatable bonds is 7. The third kappa shape index (κ3) is 4.35. The van der Waals surface area contributed by atoms with Crippen LogP contribution in [0.1, 0.15) is 24.9 Å². The van der Waals surface area contributed by atoms with E-state index < -0.39 is 0 Å². The molecule has 0 aliphatic rings. The predicted molar refractivity (Wildman–Crippen MR) is 79.4 cm³/mol. The van der Waals surface area contributed by atoms with Crippen molar-refractivity contribution in [1.29, 1.82) is 0 Å². The van der Waals surface area contributed by atoms with Gasteiger partial charge in [0.2, 0.25) is 0 Å². The van der Waals surface area contributed by atoms with Crippen molar-refractivity contribution in [1.82, 2.24) is 5.32 Å². The van der Waals surface area contributed by atoms with Gasteiger partial charge in [0.25, 0.3) is 0 Å². The van der Waals surface area contributed by atoms with Gasteiger partial charge in [-0.15, -0.1) is 0 Å². The zero-order valence-electron chi connectivity index (χ0n) is 11.7. The van der Waals surface area contributed by atoms with E-state index >= 15 is 0 Å². The van der Waals surface area contributed by atoms with E-state index in [9.17, 15) is 4.39 Å². The lowest BCUT2D eigenvalue weighted by Gasteiger charge is -2.15. The normalized spacial score (nSPS) is 12.1. The number of ether oxygens (including phenoxy) is 1. The van der Waals surface area contributed by atoms with E-state index in [0.29, 0.717) is 12.2 Å². The van der Waals surface area contributed by atoms with Crippen molar-refractivity contribution in [2.45, 2.75) is 19.4 Å². The first-order valence-electron chi connectivity index (χ1n) is 6.93. The Bertz CT molecular complexity index is 515. The van der Waals surface area contributed by atoms with Gasteiger partial charge in [-0.1, -0.05) is 36.4 Å². The molecule has 0 fully saturated rings. The molecule has 0 bridgehead atoms. The second kappa shape index (κ2) is 7.65. The summed E-state index contributed by atoms with van der Waals surface area (Å²) >= 11 is 0. The molecule has 0 heterocycles. The fourth-order valence-electron chi connectivity index (χ4n) is 2.03. The van der Waals surface area contributed by atoms with Crippen LogP contribution < -0.4 is 10.1 Å². The van der Waals surface area contributed by atoms with Gasteiger partial charge in [-0.3, -0.25) is 0 Å². The highest BCUT2D eigenvalue weighted by atomic mass is 19.1. The molecule has 2 aromatic carbocycles. The molecule has 3 heteroatoms. The summed E-state index contributed by atoms with van der Waals surface area (Å²) in [5.74, 6) is 0.725. The van der Waals surface area contributed by atoms with E-state index in [-0.39, 0.29) is 11.9 Å². The minimum Gasteiger partial charge on any atom is -0.494 e. The second-order valence-corrected chi connectivity index (χ2v) is 4.71. The Labute approximate surface area is 119 Å². The molecule has 2 aromatic rings. The molecule has 0 spiro atoms. The number of benzene rings is 2. The van der Waals surface area contributed by atoms with Crippen LogP contribution in [0.2, 0.25) is 0 Å². The van der Waals surface area contributed by atoms with Crippen molar-refractivity contribution in [2.24, 2.45) is 0 Å². The van der Waals surface area contributed by atoms with E-state index in [0.717, 1.165) is 18.7 Å². The Kier molecular flexibility index (Phi) is 5.56. The number of halogens is 1. The van der Waals surface area contributed by atoms with E-state index in [1.165, 1.54) is 6.07 Å². The van der Waals surface area contributed by atoms with E-state index in [2.05, 4.69) is 5.32 Å². The Balaban J connectivity index is 1.67. The third-order valence-corrected chi connectivity index (χ3v) is 3.16. The van der Waals surface area contributed by atoms with Crippen molar-refractivity contribution < 1.29 is 9.13 Å². The van der Waals surface area contributed by atoms with E-state index in [1.54, 1.807) is 6.07 Å². The number of hydrogen-bond acceptors (Lipinski definition) is 2. The van der Waals surface area contributed by atoms with Crippen LogP contribution in [0.4, 0.5) is 4.39 Å². The van der Waals surface area contributed by atoms with Crippen LogP contribution in [-0.2, 0) is 0 Å². The fourth-order valence-corrected chi connectivity index (χ4v) is 2.03. The van der Waals surface area contributed by atoms with Crippen LogP contribution in [-0.4, -0.2) is 13.2 Å². The molecule has 106 valence electrons. The largest absolute Gasteiger partial charge is 0.494 e. The molecule has 0 saturated carbocycles. The molecule has 0 aliphatic heterocycles. The lowest BCUT2D eigenvalue weighted by atomic mass is 10.1. The first-order valence-corrected chi connectivity index (χ1v) is 6.93. The molecule has 0 amide bonds. The van der Waals surface area contributed by atoms with Crippen LogP contribution in [0.5, 0.6) is 5.75 Å². The summed E-state index contributed by atoms with van der Waals surface area (Å²) in [6.07, 6.45) is 0.883. The van der Waals surface area contributed by atoms with Crippen molar-refractivity contribution in [3.63, 3.8) is 0 Å². The van der Waals surface area contributed by atoms with E-state index in [4.69, 9.17) is 4.74 Å². The summed E-state index contributed by atoms with van der Waals surface area (Å²) in [5, 5.41) is 3.31. The summed E-state index contributed by atoms with van der Waals surface area (Å²) in [4.78, 5) is 0. The van der Waals surface area contributed by atoms with Crippen LogP contribution in [0.3, 0.4) is 0 Å². The Morgan fingerprint density at radius 3 is 2.50 bits per heavy atom. The van der Waals surface area contributed by atoms with Gasteiger partial charge < -0.3 is 10.1 Å². The Hall–Kier alpha value is -1.87. The molecule has 0 unspecified atom stereocenters. The zero-order chi connectivity index (χ0) is 14.2. The highest BCUT2D eigenvalue weighted by Gasteiger charge is 2.08. The van der Waals surface area contributed by atoms with Crippen molar-refractivity contribution in [2.75, 3.05) is 13.2 Å². The quantitative estimate of drug-likeness (QED) is 0.771. The van der Waals surface area contributed by atoms with Crippen molar-refractivity contribution >= 4 is 0 Å². The fraction of sp³-hybridized carbons (Fsp3) is 0.294. The molecule has 0 aromatic heterocycles. The van der Waals surface area contributed by atoms with Gasteiger partial charge in [-0.05, 0) is 38.1 Å². The number of para-hydroxylation sites is 1. The molecule has 2 nitrogen and oxygen atoms in total. The van der Waals surface area contributed by atoms with Crippen LogP contribution in [0.15, 0.2) is 54.6 Å². The second-order valence-electron chi connectivity index (χ2n) is 4.71. The predicted octanol–water partition coefficient (Wildman–Crippen LogP) is 3.95. The molecular weight excluding hydrogens is 253 g/mol. The number of hydrogen-bond donors (Lipinski definition) is 1. The SMILES string of the molecule is C[C@@H](NCCCOc1ccccc1)c1ccccc1F. The molecule has 0 aliphatic carbocycles. The van der Waals surface area contributed by atoms with Gasteiger partial charge in [0.15, 0.2) is 0 Å². The van der Waals surface area contributed by atoms with Crippen LogP contribution in [0, 0.1) is 5.82 Å². The van der Waals surface area contributed by atoms with E-state index in [1.807, 2.05) is 49.4 Å². The molecular formula is C17H20FNO. The Morgan fingerprint density at radius 2 is 1.75 bits per heavy atom. The van der Waals surface area contributed by atoms with Crippen LogP contribution in [0.25, 0.3) is 0 Å². The maximum absolute atomic E-state index is 13.6. The minimum absolute atomic E-state index is 0.00734.